The van der Waals surface area contributed by atoms with E-state index in [0.29, 0.717) is 5.52 Å². The van der Waals surface area contributed by atoms with Crippen LogP contribution in [0.2, 0.25) is 0 Å². The highest BCUT2D eigenvalue weighted by molar-refractivity contribution is 7.13. The van der Waals surface area contributed by atoms with E-state index in [1.54, 1.807) is 17.4 Å². The Balaban J connectivity index is 1.89. The Labute approximate surface area is 165 Å². The summed E-state index contributed by atoms with van der Waals surface area (Å²) in [4.78, 5) is 17.2. The smallest absolute Gasteiger partial charge is 0.354 e. The minimum Gasteiger partial charge on any atom is -0.477 e. The highest BCUT2D eigenvalue weighted by Crippen LogP contribution is 2.37. The molecule has 2 aromatic heterocycles. The molecule has 0 amide bonds. The summed E-state index contributed by atoms with van der Waals surface area (Å²) in [5.41, 5.74) is 3.86. The highest BCUT2D eigenvalue weighted by Gasteiger charge is 2.14. The number of fused-ring (bicyclic) bond motifs is 2. The standard InChI is InChI=1S/C24H15NO2S/c26-24(27)21-11-10-16-13-17(22-9-4-12-28-22)14-20(23(16)25-21)19-8-3-6-15-5-1-2-7-18(15)19/h1-14H,(H,26,27). The van der Waals surface area contributed by atoms with E-state index in [0.717, 1.165) is 32.8 Å². The second-order valence-electron chi connectivity index (χ2n) is 6.60. The van der Waals surface area contributed by atoms with Crippen LogP contribution in [0.15, 0.2) is 84.2 Å². The normalized spacial score (nSPS) is 11.1. The van der Waals surface area contributed by atoms with Crippen molar-refractivity contribution < 1.29 is 9.90 Å². The number of pyridine rings is 1. The molecular formula is C24H15NO2S. The summed E-state index contributed by atoms with van der Waals surface area (Å²) in [7, 11) is 0. The fourth-order valence-electron chi connectivity index (χ4n) is 3.60. The SMILES string of the molecule is O=C(O)c1ccc2cc(-c3cccs3)cc(-c3cccc4ccccc34)c2n1. The van der Waals surface area contributed by atoms with Crippen molar-refractivity contribution in [3.8, 4) is 21.6 Å². The fraction of sp³-hybridized carbons (Fsp3) is 0. The summed E-state index contributed by atoms with van der Waals surface area (Å²) in [5.74, 6) is -1.02. The molecule has 0 saturated carbocycles. The van der Waals surface area contributed by atoms with Gasteiger partial charge in [-0.3, -0.25) is 0 Å². The molecule has 0 aliphatic carbocycles. The Morgan fingerprint density at radius 1 is 0.821 bits per heavy atom. The van der Waals surface area contributed by atoms with Gasteiger partial charge >= 0.3 is 5.97 Å². The van der Waals surface area contributed by atoms with Crippen LogP contribution >= 0.6 is 11.3 Å². The number of thiophene rings is 1. The van der Waals surface area contributed by atoms with E-state index in [-0.39, 0.29) is 5.69 Å². The largest absolute Gasteiger partial charge is 0.477 e. The van der Waals surface area contributed by atoms with Crippen LogP contribution in [0.4, 0.5) is 0 Å². The Kier molecular flexibility index (Phi) is 3.92. The Morgan fingerprint density at radius 2 is 1.68 bits per heavy atom. The number of carboxylic acid groups (broad SMARTS) is 1. The first-order chi connectivity index (χ1) is 13.7. The lowest BCUT2D eigenvalue weighted by Crippen LogP contribution is -2.00. The van der Waals surface area contributed by atoms with Gasteiger partial charge in [0, 0.05) is 15.8 Å². The minimum atomic E-state index is -1.02. The molecule has 0 radical (unpaired) electrons. The molecule has 1 N–H and O–H groups in total. The molecule has 28 heavy (non-hydrogen) atoms. The van der Waals surface area contributed by atoms with Crippen molar-refractivity contribution in [2.75, 3.05) is 0 Å². The van der Waals surface area contributed by atoms with Gasteiger partial charge in [-0.2, -0.15) is 0 Å². The number of aromatic nitrogens is 1. The van der Waals surface area contributed by atoms with Gasteiger partial charge in [0.1, 0.15) is 5.69 Å². The van der Waals surface area contributed by atoms with Crippen LogP contribution < -0.4 is 0 Å². The molecule has 0 aliphatic heterocycles. The zero-order valence-corrected chi connectivity index (χ0v) is 15.6. The number of hydrogen-bond donors (Lipinski definition) is 1. The summed E-state index contributed by atoms with van der Waals surface area (Å²) in [6.45, 7) is 0. The molecule has 2 heterocycles. The second-order valence-corrected chi connectivity index (χ2v) is 7.55. The summed E-state index contributed by atoms with van der Waals surface area (Å²) in [5, 5.41) is 14.7. The van der Waals surface area contributed by atoms with Crippen molar-refractivity contribution in [2.45, 2.75) is 0 Å². The molecule has 0 saturated heterocycles. The van der Waals surface area contributed by atoms with Gasteiger partial charge in [-0.25, -0.2) is 9.78 Å². The maximum Gasteiger partial charge on any atom is 0.354 e. The molecule has 5 rings (SSSR count). The molecule has 0 unspecified atom stereocenters. The van der Waals surface area contributed by atoms with E-state index < -0.39 is 5.97 Å². The Hall–Kier alpha value is -3.50. The molecule has 0 spiro atoms. The molecule has 5 aromatic rings. The highest BCUT2D eigenvalue weighted by atomic mass is 32.1. The van der Waals surface area contributed by atoms with Crippen molar-refractivity contribution in [1.82, 2.24) is 4.98 Å². The Morgan fingerprint density at radius 3 is 2.50 bits per heavy atom. The first-order valence-electron chi connectivity index (χ1n) is 8.91. The predicted octanol–water partition coefficient (Wildman–Crippen LogP) is 6.48. The monoisotopic (exact) mass is 381 g/mol. The van der Waals surface area contributed by atoms with Crippen LogP contribution in [0.25, 0.3) is 43.2 Å². The molecular weight excluding hydrogens is 366 g/mol. The van der Waals surface area contributed by atoms with Crippen LogP contribution in [0.3, 0.4) is 0 Å². The molecule has 3 aromatic carbocycles. The van der Waals surface area contributed by atoms with Gasteiger partial charge in [-0.05, 0) is 51.5 Å². The van der Waals surface area contributed by atoms with Gasteiger partial charge in [0.2, 0.25) is 0 Å². The number of carbonyl (C=O) groups is 1. The van der Waals surface area contributed by atoms with Crippen LogP contribution in [-0.2, 0) is 0 Å². The zero-order chi connectivity index (χ0) is 19.1. The van der Waals surface area contributed by atoms with Gasteiger partial charge in [0.15, 0.2) is 0 Å². The van der Waals surface area contributed by atoms with Gasteiger partial charge < -0.3 is 5.11 Å². The van der Waals surface area contributed by atoms with E-state index >= 15 is 0 Å². The predicted molar refractivity (Wildman–Crippen MR) is 115 cm³/mol. The number of carboxylic acids is 1. The van der Waals surface area contributed by atoms with Crippen molar-refractivity contribution in [3.63, 3.8) is 0 Å². The second kappa shape index (κ2) is 6.59. The van der Waals surface area contributed by atoms with Gasteiger partial charge in [0.25, 0.3) is 0 Å². The molecule has 0 aliphatic rings. The van der Waals surface area contributed by atoms with Gasteiger partial charge in [-0.1, -0.05) is 54.6 Å². The van der Waals surface area contributed by atoms with Crippen molar-refractivity contribution in [2.24, 2.45) is 0 Å². The first kappa shape index (κ1) is 16.7. The third kappa shape index (κ3) is 2.75. The van der Waals surface area contributed by atoms with Crippen molar-refractivity contribution in [1.29, 1.82) is 0 Å². The van der Waals surface area contributed by atoms with E-state index in [1.165, 1.54) is 4.88 Å². The average Bonchev–Trinajstić information content (AvgIpc) is 3.27. The minimum absolute atomic E-state index is 0.0536. The first-order valence-corrected chi connectivity index (χ1v) is 9.79. The average molecular weight is 381 g/mol. The summed E-state index contributed by atoms with van der Waals surface area (Å²) >= 11 is 1.69. The van der Waals surface area contributed by atoms with Crippen LogP contribution in [0.1, 0.15) is 10.5 Å². The van der Waals surface area contributed by atoms with E-state index in [2.05, 4.69) is 52.8 Å². The third-order valence-electron chi connectivity index (χ3n) is 4.90. The van der Waals surface area contributed by atoms with Crippen LogP contribution in [-0.4, -0.2) is 16.1 Å². The van der Waals surface area contributed by atoms with E-state index in [4.69, 9.17) is 0 Å². The number of benzene rings is 3. The topological polar surface area (TPSA) is 50.2 Å². The lowest BCUT2D eigenvalue weighted by atomic mass is 9.94. The summed E-state index contributed by atoms with van der Waals surface area (Å²) in [6, 6.07) is 26.1. The third-order valence-corrected chi connectivity index (χ3v) is 5.82. The number of aromatic carboxylic acids is 1. The molecule has 0 atom stereocenters. The molecule has 4 heteroatoms. The maximum absolute atomic E-state index is 11.5. The molecule has 3 nitrogen and oxygen atoms in total. The maximum atomic E-state index is 11.5. The van der Waals surface area contributed by atoms with Crippen LogP contribution in [0.5, 0.6) is 0 Å². The van der Waals surface area contributed by atoms with Gasteiger partial charge in [0.05, 0.1) is 5.52 Å². The lowest BCUT2D eigenvalue weighted by Gasteiger charge is -2.12. The van der Waals surface area contributed by atoms with Crippen LogP contribution in [0, 0.1) is 0 Å². The van der Waals surface area contributed by atoms with E-state index in [9.17, 15) is 9.90 Å². The lowest BCUT2D eigenvalue weighted by molar-refractivity contribution is 0.0691. The molecule has 134 valence electrons. The quantitative estimate of drug-likeness (QED) is 0.389. The number of hydrogen-bond acceptors (Lipinski definition) is 3. The number of nitrogens with zero attached hydrogens (tertiary/aromatic N) is 1. The Bertz CT molecular complexity index is 1330. The fourth-order valence-corrected chi connectivity index (χ4v) is 4.32. The van der Waals surface area contributed by atoms with Crippen molar-refractivity contribution in [3.05, 3.63) is 89.9 Å². The molecule has 0 fully saturated rings. The van der Waals surface area contributed by atoms with Gasteiger partial charge in [-0.15, -0.1) is 11.3 Å². The summed E-state index contributed by atoms with van der Waals surface area (Å²) in [6.07, 6.45) is 0. The molecule has 0 bridgehead atoms. The van der Waals surface area contributed by atoms with E-state index in [1.807, 2.05) is 30.3 Å². The summed E-state index contributed by atoms with van der Waals surface area (Å²) < 4.78 is 0. The zero-order valence-electron chi connectivity index (χ0n) is 14.8. The number of rotatable bonds is 3. The van der Waals surface area contributed by atoms with Crippen molar-refractivity contribution >= 4 is 39.0 Å².